The minimum atomic E-state index is 0.253. The van der Waals surface area contributed by atoms with Crippen LogP contribution in [0.5, 0.6) is 0 Å². The van der Waals surface area contributed by atoms with E-state index in [9.17, 15) is 0 Å². The van der Waals surface area contributed by atoms with Gasteiger partial charge in [-0.15, -0.1) is 0 Å². The highest BCUT2D eigenvalue weighted by Gasteiger charge is 2.10. The third-order valence-electron chi connectivity index (χ3n) is 3.12. The Bertz CT molecular complexity index is 496. The summed E-state index contributed by atoms with van der Waals surface area (Å²) in [5, 5.41) is 4.35. The van der Waals surface area contributed by atoms with Gasteiger partial charge in [0.25, 0.3) is 0 Å². The van der Waals surface area contributed by atoms with Gasteiger partial charge in [0.1, 0.15) is 0 Å². The van der Waals surface area contributed by atoms with Crippen molar-refractivity contribution in [1.29, 1.82) is 0 Å². The molecule has 0 spiro atoms. The van der Waals surface area contributed by atoms with Crippen LogP contribution in [-0.2, 0) is 6.42 Å². The van der Waals surface area contributed by atoms with Crippen LogP contribution >= 0.6 is 11.6 Å². The molecule has 0 amide bonds. The van der Waals surface area contributed by atoms with Gasteiger partial charge in [0.05, 0.1) is 5.69 Å². The topological polar surface area (TPSA) is 24.9 Å². The number of halogens is 1. The second kappa shape index (κ2) is 6.69. The van der Waals surface area contributed by atoms with E-state index in [4.69, 9.17) is 11.6 Å². The Morgan fingerprint density at radius 2 is 1.84 bits per heavy atom. The molecule has 2 aromatic rings. The molecule has 0 aliphatic carbocycles. The van der Waals surface area contributed by atoms with E-state index in [0.717, 1.165) is 17.1 Å². The summed E-state index contributed by atoms with van der Waals surface area (Å²) in [5.41, 5.74) is 2.36. The monoisotopic (exact) mass is 274 g/mol. The predicted molar refractivity (Wildman–Crippen MR) is 80.4 cm³/mol. The minimum absolute atomic E-state index is 0.253. The van der Waals surface area contributed by atoms with Crippen molar-refractivity contribution in [2.45, 2.75) is 32.4 Å². The van der Waals surface area contributed by atoms with Crippen LogP contribution in [0.15, 0.2) is 48.7 Å². The molecule has 2 nitrogen and oxygen atoms in total. The van der Waals surface area contributed by atoms with Crippen LogP contribution in [0.1, 0.15) is 31.1 Å². The molecule has 1 aromatic heterocycles. The molecule has 0 bridgehead atoms. The van der Waals surface area contributed by atoms with Crippen LogP contribution in [0.25, 0.3) is 0 Å². The average Bonchev–Trinajstić information content (AvgIpc) is 2.42. The van der Waals surface area contributed by atoms with Crippen LogP contribution in [0.4, 0.5) is 0 Å². The van der Waals surface area contributed by atoms with E-state index in [2.05, 4.69) is 36.3 Å². The number of pyridine rings is 1. The third kappa shape index (κ3) is 4.34. The molecule has 0 aliphatic heterocycles. The fraction of sp³-hybridized carbons (Fsp3) is 0.312. The van der Waals surface area contributed by atoms with E-state index in [-0.39, 0.29) is 6.04 Å². The second-order valence-corrected chi connectivity index (χ2v) is 5.31. The van der Waals surface area contributed by atoms with E-state index >= 15 is 0 Å². The molecular formula is C16H19ClN2. The SMILES string of the molecule is CC(Cc1ccc(Cl)cc1)NC(C)c1ccccn1. The number of benzene rings is 1. The van der Waals surface area contributed by atoms with Gasteiger partial charge < -0.3 is 5.32 Å². The van der Waals surface area contributed by atoms with Crippen LogP contribution in [0.3, 0.4) is 0 Å². The van der Waals surface area contributed by atoms with Crippen molar-refractivity contribution >= 4 is 11.6 Å². The zero-order valence-electron chi connectivity index (χ0n) is 11.3. The first-order valence-electron chi connectivity index (χ1n) is 6.56. The van der Waals surface area contributed by atoms with Crippen molar-refractivity contribution in [3.63, 3.8) is 0 Å². The summed E-state index contributed by atoms with van der Waals surface area (Å²) in [4.78, 5) is 4.37. The van der Waals surface area contributed by atoms with E-state index in [1.165, 1.54) is 5.56 Å². The van der Waals surface area contributed by atoms with Gasteiger partial charge in [-0.2, -0.15) is 0 Å². The van der Waals surface area contributed by atoms with Gasteiger partial charge in [0.15, 0.2) is 0 Å². The smallest absolute Gasteiger partial charge is 0.0570 e. The maximum atomic E-state index is 5.89. The Balaban J connectivity index is 1.90. The first-order chi connectivity index (χ1) is 9.15. The maximum Gasteiger partial charge on any atom is 0.0570 e. The second-order valence-electron chi connectivity index (χ2n) is 4.87. The van der Waals surface area contributed by atoms with Crippen LogP contribution in [0.2, 0.25) is 5.02 Å². The lowest BCUT2D eigenvalue weighted by Gasteiger charge is -2.19. The maximum absolute atomic E-state index is 5.89. The van der Waals surface area contributed by atoms with E-state index in [1.807, 2.05) is 36.5 Å². The summed E-state index contributed by atoms with van der Waals surface area (Å²) in [6, 6.07) is 14.7. The molecule has 100 valence electrons. The van der Waals surface area contributed by atoms with Gasteiger partial charge in [0, 0.05) is 23.3 Å². The molecule has 19 heavy (non-hydrogen) atoms. The zero-order valence-corrected chi connectivity index (χ0v) is 12.1. The highest BCUT2D eigenvalue weighted by molar-refractivity contribution is 6.30. The van der Waals surface area contributed by atoms with Crippen LogP contribution < -0.4 is 5.32 Å². The summed E-state index contributed by atoms with van der Waals surface area (Å²) >= 11 is 5.89. The Labute approximate surface area is 119 Å². The zero-order chi connectivity index (χ0) is 13.7. The molecule has 0 aliphatic rings. The average molecular weight is 275 g/mol. The number of nitrogens with zero attached hydrogens (tertiary/aromatic N) is 1. The van der Waals surface area contributed by atoms with Crippen molar-refractivity contribution in [1.82, 2.24) is 10.3 Å². The number of aromatic nitrogens is 1. The van der Waals surface area contributed by atoms with Crippen molar-refractivity contribution in [3.05, 3.63) is 64.9 Å². The summed E-state index contributed by atoms with van der Waals surface area (Å²) in [5.74, 6) is 0. The predicted octanol–water partition coefficient (Wildman–Crippen LogP) is 4.02. The summed E-state index contributed by atoms with van der Waals surface area (Å²) < 4.78 is 0. The molecular weight excluding hydrogens is 256 g/mol. The number of hydrogen-bond acceptors (Lipinski definition) is 2. The first kappa shape index (κ1) is 14.0. The molecule has 2 rings (SSSR count). The van der Waals surface area contributed by atoms with E-state index in [0.29, 0.717) is 6.04 Å². The number of rotatable bonds is 5. The molecule has 3 heteroatoms. The van der Waals surface area contributed by atoms with Gasteiger partial charge in [-0.1, -0.05) is 29.8 Å². The molecule has 1 N–H and O–H groups in total. The largest absolute Gasteiger partial charge is 0.306 e. The van der Waals surface area contributed by atoms with Crippen LogP contribution in [0, 0.1) is 0 Å². The fourth-order valence-corrected chi connectivity index (χ4v) is 2.30. The lowest BCUT2D eigenvalue weighted by atomic mass is 10.1. The quantitative estimate of drug-likeness (QED) is 0.891. The van der Waals surface area contributed by atoms with E-state index < -0.39 is 0 Å². The number of nitrogens with one attached hydrogen (secondary N) is 1. The summed E-state index contributed by atoms with van der Waals surface area (Å²) in [6.45, 7) is 4.33. The van der Waals surface area contributed by atoms with Crippen molar-refractivity contribution in [2.75, 3.05) is 0 Å². The minimum Gasteiger partial charge on any atom is -0.306 e. The molecule has 1 heterocycles. The standard InChI is InChI=1S/C16H19ClN2/c1-12(11-14-6-8-15(17)9-7-14)19-13(2)16-5-3-4-10-18-16/h3-10,12-13,19H,11H2,1-2H3. The molecule has 0 fully saturated rings. The van der Waals surface area contributed by atoms with Gasteiger partial charge in [0.2, 0.25) is 0 Å². The summed E-state index contributed by atoms with van der Waals surface area (Å²) in [7, 11) is 0. The van der Waals surface area contributed by atoms with Gasteiger partial charge >= 0.3 is 0 Å². The van der Waals surface area contributed by atoms with E-state index in [1.54, 1.807) is 0 Å². The summed E-state index contributed by atoms with van der Waals surface area (Å²) in [6.07, 6.45) is 2.81. The Morgan fingerprint density at radius 1 is 1.11 bits per heavy atom. The van der Waals surface area contributed by atoms with Crippen molar-refractivity contribution in [2.24, 2.45) is 0 Å². The normalized spacial score (nSPS) is 14.1. The fourth-order valence-electron chi connectivity index (χ4n) is 2.18. The Kier molecular flexibility index (Phi) is 4.94. The highest BCUT2D eigenvalue weighted by atomic mass is 35.5. The number of hydrogen-bond donors (Lipinski definition) is 1. The van der Waals surface area contributed by atoms with Crippen LogP contribution in [-0.4, -0.2) is 11.0 Å². The lowest BCUT2D eigenvalue weighted by molar-refractivity contribution is 0.470. The highest BCUT2D eigenvalue weighted by Crippen LogP contribution is 2.13. The van der Waals surface area contributed by atoms with Crippen molar-refractivity contribution < 1.29 is 0 Å². The van der Waals surface area contributed by atoms with Gasteiger partial charge in [-0.3, -0.25) is 4.98 Å². The molecule has 1 aromatic carbocycles. The lowest BCUT2D eigenvalue weighted by Crippen LogP contribution is -2.31. The molecule has 2 atom stereocenters. The molecule has 2 unspecified atom stereocenters. The Hall–Kier alpha value is -1.38. The Morgan fingerprint density at radius 3 is 2.47 bits per heavy atom. The van der Waals surface area contributed by atoms with Gasteiger partial charge in [-0.05, 0) is 50.1 Å². The first-order valence-corrected chi connectivity index (χ1v) is 6.94. The molecule has 0 saturated heterocycles. The third-order valence-corrected chi connectivity index (χ3v) is 3.37. The van der Waals surface area contributed by atoms with Gasteiger partial charge in [-0.25, -0.2) is 0 Å². The van der Waals surface area contributed by atoms with Crippen molar-refractivity contribution in [3.8, 4) is 0 Å². The molecule has 0 saturated carbocycles. The molecule has 0 radical (unpaired) electrons.